The van der Waals surface area contributed by atoms with Crippen molar-refractivity contribution in [3.05, 3.63) is 76.5 Å². The fourth-order valence-electron chi connectivity index (χ4n) is 4.07. The van der Waals surface area contributed by atoms with Crippen LogP contribution in [-0.4, -0.2) is 60.7 Å². The summed E-state index contributed by atoms with van der Waals surface area (Å²) in [4.78, 5) is 30.7. The second-order valence-electron chi connectivity index (χ2n) is 8.74. The zero-order valence-electron chi connectivity index (χ0n) is 20.1. The number of allylic oxidation sites excluding steroid dienone is 2. The number of nitrogen functional groups attached to an aromatic ring is 1. The van der Waals surface area contributed by atoms with Crippen molar-refractivity contribution < 1.29 is 19.1 Å². The Morgan fingerprint density at radius 1 is 1.31 bits per heavy atom. The summed E-state index contributed by atoms with van der Waals surface area (Å²) in [5.41, 5.74) is 9.41. The summed E-state index contributed by atoms with van der Waals surface area (Å²) in [5, 5.41) is 3.32. The highest BCUT2D eigenvalue weighted by molar-refractivity contribution is 6.32. The molecule has 2 aliphatic heterocycles. The summed E-state index contributed by atoms with van der Waals surface area (Å²) >= 11 is 6.51. The molecule has 0 spiro atoms. The van der Waals surface area contributed by atoms with Crippen LogP contribution < -0.4 is 15.8 Å². The van der Waals surface area contributed by atoms with Gasteiger partial charge in [0.1, 0.15) is 17.7 Å². The molecule has 0 bridgehead atoms. The van der Waals surface area contributed by atoms with E-state index in [1.807, 2.05) is 6.07 Å². The molecule has 4 rings (SSSR count). The number of fused-ring (bicyclic) bond motifs is 1. The minimum atomic E-state index is -0.239. The number of benzene rings is 1. The predicted octanol–water partition coefficient (Wildman–Crippen LogP) is 3.27. The molecular weight excluding hydrogens is 480 g/mol. The van der Waals surface area contributed by atoms with Crippen LogP contribution in [-0.2, 0) is 20.7 Å². The predicted molar refractivity (Wildman–Crippen MR) is 140 cm³/mol. The zero-order chi connectivity index (χ0) is 25.7. The Labute approximate surface area is 215 Å². The molecule has 1 fully saturated rings. The molecule has 1 saturated heterocycles. The number of ether oxygens (including phenoxy) is 2. The van der Waals surface area contributed by atoms with Crippen LogP contribution >= 0.6 is 11.6 Å². The molecule has 8 nitrogen and oxygen atoms in total. The first-order chi connectivity index (χ1) is 17.3. The third-order valence-corrected chi connectivity index (χ3v) is 6.27. The van der Waals surface area contributed by atoms with Gasteiger partial charge in [-0.25, -0.2) is 4.98 Å². The molecule has 9 heteroatoms. The molecule has 0 radical (unpaired) electrons. The van der Waals surface area contributed by atoms with Gasteiger partial charge < -0.3 is 25.4 Å². The van der Waals surface area contributed by atoms with Gasteiger partial charge in [-0.15, -0.1) is 0 Å². The van der Waals surface area contributed by atoms with Crippen LogP contribution in [0, 0.1) is 0 Å². The summed E-state index contributed by atoms with van der Waals surface area (Å²) in [6, 6.07) is 7.22. The number of aromatic nitrogens is 1. The van der Waals surface area contributed by atoms with E-state index in [-0.39, 0.29) is 17.9 Å². The van der Waals surface area contributed by atoms with Gasteiger partial charge in [0.25, 0.3) is 0 Å². The van der Waals surface area contributed by atoms with E-state index in [4.69, 9.17) is 26.8 Å². The summed E-state index contributed by atoms with van der Waals surface area (Å²) in [6.07, 6.45) is 6.84. The minimum Gasteiger partial charge on any atom is -0.486 e. The van der Waals surface area contributed by atoms with Gasteiger partial charge in [0.2, 0.25) is 11.8 Å². The average Bonchev–Trinajstić information content (AvgIpc) is 3.31. The van der Waals surface area contributed by atoms with Crippen molar-refractivity contribution in [2.75, 3.05) is 38.6 Å². The van der Waals surface area contributed by atoms with E-state index in [1.54, 1.807) is 48.4 Å². The van der Waals surface area contributed by atoms with Crippen LogP contribution in [0.25, 0.3) is 11.6 Å². The van der Waals surface area contributed by atoms with E-state index in [0.717, 1.165) is 16.7 Å². The molecule has 2 amide bonds. The van der Waals surface area contributed by atoms with Gasteiger partial charge in [-0.3, -0.25) is 9.59 Å². The van der Waals surface area contributed by atoms with E-state index < -0.39 is 0 Å². The largest absolute Gasteiger partial charge is 0.486 e. The average molecular weight is 509 g/mol. The normalized spacial score (nSPS) is 17.6. The molecule has 3 heterocycles. The Morgan fingerprint density at radius 2 is 2.08 bits per heavy atom. The summed E-state index contributed by atoms with van der Waals surface area (Å²) < 4.78 is 11.3. The lowest BCUT2D eigenvalue weighted by atomic mass is 10.00. The molecule has 3 N–H and O–H groups in total. The summed E-state index contributed by atoms with van der Waals surface area (Å²) in [6.45, 7) is 8.55. The Balaban J connectivity index is 1.34. The van der Waals surface area contributed by atoms with Crippen LogP contribution in [0.5, 0.6) is 5.75 Å². The summed E-state index contributed by atoms with van der Waals surface area (Å²) in [5.74, 6) is 0.776. The number of nitrogens with two attached hydrogens (primary N) is 1. The molecular formula is C27H29ClN4O4. The molecule has 1 aromatic heterocycles. The number of hydrogen-bond acceptors (Lipinski definition) is 6. The first-order valence-electron chi connectivity index (χ1n) is 11.7. The molecule has 36 heavy (non-hydrogen) atoms. The monoisotopic (exact) mass is 508 g/mol. The van der Waals surface area contributed by atoms with Crippen LogP contribution in [0.3, 0.4) is 0 Å². The highest BCUT2D eigenvalue weighted by Crippen LogP contribution is 2.38. The van der Waals surface area contributed by atoms with Crippen LogP contribution in [0.1, 0.15) is 23.6 Å². The molecule has 1 aromatic carbocycles. The van der Waals surface area contributed by atoms with Gasteiger partial charge in [0, 0.05) is 42.9 Å². The maximum Gasteiger partial charge on any atom is 0.249 e. The number of nitrogens with one attached hydrogen (secondary N) is 1. The van der Waals surface area contributed by atoms with E-state index in [0.29, 0.717) is 67.0 Å². The maximum absolute atomic E-state index is 12.7. The van der Waals surface area contributed by atoms with Crippen LogP contribution in [0.15, 0.2) is 54.8 Å². The number of nitrogens with zero attached hydrogens (tertiary/aromatic N) is 2. The Bertz CT molecular complexity index is 1220. The lowest BCUT2D eigenvalue weighted by Gasteiger charge is -2.27. The summed E-state index contributed by atoms with van der Waals surface area (Å²) in [7, 11) is 0. The fraction of sp³-hybridized carbons (Fsp3) is 0.296. The zero-order valence-corrected chi connectivity index (χ0v) is 20.9. The lowest BCUT2D eigenvalue weighted by Crippen LogP contribution is -2.41. The van der Waals surface area contributed by atoms with Crippen molar-refractivity contribution in [2.24, 2.45) is 0 Å². The number of hydrogen-bond donors (Lipinski definition) is 2. The molecule has 188 valence electrons. The van der Waals surface area contributed by atoms with E-state index in [1.165, 1.54) is 6.08 Å². The highest BCUT2D eigenvalue weighted by Gasteiger charge is 2.26. The minimum absolute atomic E-state index is 0.0208. The first kappa shape index (κ1) is 25.5. The number of anilines is 1. The van der Waals surface area contributed by atoms with E-state index >= 15 is 0 Å². The highest BCUT2D eigenvalue weighted by atomic mass is 35.5. The standard InChI is InChI=1S/C27H29ClN4O4/c1-17(11-18(2)27(34)32-7-9-35-10-8-32)20-12-21-13-22(36-26(21)23(28)14-20)16-31-25(33)6-4-19-3-5-24(29)30-15-19/h3-6,11-12,14-15,22H,1,7-10,13,16H2,2H3,(H2,29,30)(H,31,33)/b6-4+,18-11+. The van der Waals surface area contributed by atoms with Crippen molar-refractivity contribution >= 4 is 40.9 Å². The van der Waals surface area contributed by atoms with Crippen molar-refractivity contribution in [1.29, 1.82) is 0 Å². The van der Waals surface area contributed by atoms with Crippen molar-refractivity contribution in [1.82, 2.24) is 15.2 Å². The molecule has 2 aliphatic rings. The second-order valence-corrected chi connectivity index (χ2v) is 9.15. The number of amides is 2. The van der Waals surface area contributed by atoms with Gasteiger partial charge in [-0.2, -0.15) is 0 Å². The quantitative estimate of drug-likeness (QED) is 0.439. The number of rotatable bonds is 7. The van der Waals surface area contributed by atoms with Crippen molar-refractivity contribution in [3.8, 4) is 5.75 Å². The Kier molecular flexibility index (Phi) is 8.07. The smallest absolute Gasteiger partial charge is 0.249 e. The van der Waals surface area contributed by atoms with Gasteiger partial charge in [-0.1, -0.05) is 18.2 Å². The third-order valence-electron chi connectivity index (χ3n) is 5.99. The first-order valence-corrected chi connectivity index (χ1v) is 12.1. The van der Waals surface area contributed by atoms with Crippen molar-refractivity contribution in [3.63, 3.8) is 0 Å². The van der Waals surface area contributed by atoms with Gasteiger partial charge in [0.15, 0.2) is 0 Å². The Morgan fingerprint density at radius 3 is 2.81 bits per heavy atom. The molecule has 0 saturated carbocycles. The molecule has 2 aromatic rings. The molecule has 1 unspecified atom stereocenters. The number of morpholine rings is 1. The molecule has 1 atom stereocenters. The number of carbonyl (C=O) groups is 2. The molecule has 0 aliphatic carbocycles. The topological polar surface area (TPSA) is 107 Å². The number of halogens is 1. The van der Waals surface area contributed by atoms with E-state index in [9.17, 15) is 9.59 Å². The van der Waals surface area contributed by atoms with Crippen LogP contribution in [0.4, 0.5) is 5.82 Å². The fourth-order valence-corrected chi connectivity index (χ4v) is 4.35. The SMILES string of the molecule is C=C(/C=C(\C)C(=O)N1CCOCC1)c1cc(Cl)c2c(c1)CC(CNC(=O)/C=C/c1ccc(N)nc1)O2. The lowest BCUT2D eigenvalue weighted by molar-refractivity contribution is -0.131. The van der Waals surface area contributed by atoms with Gasteiger partial charge in [0.05, 0.1) is 24.8 Å². The van der Waals surface area contributed by atoms with Crippen molar-refractivity contribution in [2.45, 2.75) is 19.4 Å². The second kappa shape index (κ2) is 11.4. The van der Waals surface area contributed by atoms with E-state index in [2.05, 4.69) is 16.9 Å². The third kappa shape index (κ3) is 6.33. The van der Waals surface area contributed by atoms with Crippen LogP contribution in [0.2, 0.25) is 5.02 Å². The van der Waals surface area contributed by atoms with Gasteiger partial charge in [-0.05, 0) is 60.0 Å². The maximum atomic E-state index is 12.7. The Hall–Kier alpha value is -3.62. The number of carbonyl (C=O) groups excluding carboxylic acids is 2. The van der Waals surface area contributed by atoms with Gasteiger partial charge >= 0.3 is 0 Å². The number of pyridine rings is 1.